The highest BCUT2D eigenvalue weighted by molar-refractivity contribution is 6.19. The zero-order chi connectivity index (χ0) is 15.7. The van der Waals surface area contributed by atoms with E-state index in [0.29, 0.717) is 5.69 Å². The molecule has 5 nitrogen and oxygen atoms in total. The summed E-state index contributed by atoms with van der Waals surface area (Å²) in [5.41, 5.74) is 2.39. The summed E-state index contributed by atoms with van der Waals surface area (Å²) in [6.45, 7) is 3.03. The molecular weight excluding hydrogens is 282 g/mol. The third-order valence-corrected chi connectivity index (χ3v) is 3.27. The smallest absolute Gasteiger partial charge is 0.348 e. The van der Waals surface area contributed by atoms with E-state index in [0.717, 1.165) is 11.1 Å². The number of ether oxygens (including phenoxy) is 2. The second kappa shape index (κ2) is 5.18. The molecule has 1 aliphatic rings. The molecule has 0 saturated carbocycles. The maximum absolute atomic E-state index is 12.0. The third kappa shape index (κ3) is 2.65. The predicted octanol–water partition coefficient (Wildman–Crippen LogP) is 2.90. The topological polar surface area (TPSA) is 68.4 Å². The van der Waals surface area contributed by atoms with Crippen molar-refractivity contribution in [2.24, 2.45) is 0 Å². The van der Waals surface area contributed by atoms with Gasteiger partial charge in [-0.25, -0.2) is 9.59 Å². The molecule has 112 valence electrons. The molecular formula is C17H15NO4. The van der Waals surface area contributed by atoms with Crippen LogP contribution in [0.2, 0.25) is 0 Å². The molecule has 1 aromatic heterocycles. The molecule has 1 aliphatic heterocycles. The number of benzene rings is 1. The normalized spacial score (nSPS) is 16.9. The SMILES string of the molecule is CC1(C)OC(=O)C(=Cc2[nH]ccc2-c2ccccc2)C(=O)O1. The van der Waals surface area contributed by atoms with Gasteiger partial charge >= 0.3 is 11.9 Å². The van der Waals surface area contributed by atoms with Gasteiger partial charge in [0, 0.05) is 31.3 Å². The number of hydrogen-bond donors (Lipinski definition) is 1. The highest BCUT2D eigenvalue weighted by Crippen LogP contribution is 2.28. The Balaban J connectivity index is 1.99. The molecule has 1 fully saturated rings. The quantitative estimate of drug-likeness (QED) is 0.526. The average Bonchev–Trinajstić information content (AvgIpc) is 2.91. The molecule has 2 heterocycles. The largest absolute Gasteiger partial charge is 0.419 e. The number of carbonyl (C=O) groups is 2. The van der Waals surface area contributed by atoms with Gasteiger partial charge in [0.15, 0.2) is 0 Å². The Labute approximate surface area is 127 Å². The van der Waals surface area contributed by atoms with E-state index in [4.69, 9.17) is 9.47 Å². The second-order valence-corrected chi connectivity index (χ2v) is 5.41. The maximum atomic E-state index is 12.0. The highest BCUT2D eigenvalue weighted by Gasteiger charge is 2.39. The summed E-state index contributed by atoms with van der Waals surface area (Å²) in [7, 11) is 0. The van der Waals surface area contributed by atoms with Gasteiger partial charge in [-0.2, -0.15) is 0 Å². The molecule has 0 bridgehead atoms. The minimum absolute atomic E-state index is 0.126. The van der Waals surface area contributed by atoms with Crippen LogP contribution in [0.15, 0.2) is 48.2 Å². The van der Waals surface area contributed by atoms with E-state index >= 15 is 0 Å². The first kappa shape index (κ1) is 14.1. The lowest BCUT2D eigenvalue weighted by molar-refractivity contribution is -0.222. The van der Waals surface area contributed by atoms with Crippen molar-refractivity contribution in [2.45, 2.75) is 19.6 Å². The van der Waals surface area contributed by atoms with Crippen molar-refractivity contribution < 1.29 is 19.1 Å². The first-order valence-electron chi connectivity index (χ1n) is 6.87. The van der Waals surface area contributed by atoms with E-state index in [-0.39, 0.29) is 5.57 Å². The summed E-state index contributed by atoms with van der Waals surface area (Å²) in [6, 6.07) is 11.5. The number of nitrogens with one attached hydrogen (secondary N) is 1. The zero-order valence-electron chi connectivity index (χ0n) is 12.3. The number of cyclic esters (lactones) is 2. The first-order valence-corrected chi connectivity index (χ1v) is 6.87. The Morgan fingerprint density at radius 3 is 2.27 bits per heavy atom. The van der Waals surface area contributed by atoms with Crippen molar-refractivity contribution in [1.82, 2.24) is 4.98 Å². The standard InChI is InChI=1S/C17H15NO4/c1-17(2)21-15(19)13(16(20)22-17)10-14-12(8-9-18-14)11-6-4-3-5-7-11/h3-10,18H,1-2H3. The number of rotatable bonds is 2. The summed E-state index contributed by atoms with van der Waals surface area (Å²) in [5.74, 6) is -2.60. The van der Waals surface area contributed by atoms with Crippen molar-refractivity contribution in [3.63, 3.8) is 0 Å². The molecule has 0 atom stereocenters. The third-order valence-electron chi connectivity index (χ3n) is 3.27. The Morgan fingerprint density at radius 2 is 1.64 bits per heavy atom. The predicted molar refractivity (Wildman–Crippen MR) is 80.5 cm³/mol. The van der Waals surface area contributed by atoms with Crippen molar-refractivity contribution in [1.29, 1.82) is 0 Å². The maximum Gasteiger partial charge on any atom is 0.348 e. The molecule has 0 spiro atoms. The van der Waals surface area contributed by atoms with Crippen LogP contribution in [0.5, 0.6) is 0 Å². The van der Waals surface area contributed by atoms with Crippen LogP contribution in [0.1, 0.15) is 19.5 Å². The van der Waals surface area contributed by atoms with Crippen LogP contribution in [-0.4, -0.2) is 22.7 Å². The van der Waals surface area contributed by atoms with Gasteiger partial charge in [0.1, 0.15) is 5.57 Å². The summed E-state index contributed by atoms with van der Waals surface area (Å²) in [5, 5.41) is 0. The van der Waals surface area contributed by atoms with Gasteiger partial charge in [-0.1, -0.05) is 30.3 Å². The Hall–Kier alpha value is -2.82. The number of aromatic nitrogens is 1. The highest BCUT2D eigenvalue weighted by atomic mass is 16.7. The first-order chi connectivity index (χ1) is 10.5. The fourth-order valence-electron chi connectivity index (χ4n) is 2.29. The van der Waals surface area contributed by atoms with Crippen molar-refractivity contribution in [2.75, 3.05) is 0 Å². The Bertz CT molecular complexity index is 734. The molecule has 0 unspecified atom stereocenters. The fraction of sp³-hybridized carbons (Fsp3) is 0.176. The molecule has 1 aromatic carbocycles. The monoisotopic (exact) mass is 297 g/mol. The molecule has 22 heavy (non-hydrogen) atoms. The number of esters is 2. The summed E-state index contributed by atoms with van der Waals surface area (Å²) in [6.07, 6.45) is 3.21. The van der Waals surface area contributed by atoms with Crippen LogP contribution < -0.4 is 0 Å². The summed E-state index contributed by atoms with van der Waals surface area (Å²) < 4.78 is 10.2. The Kier molecular flexibility index (Phi) is 3.33. The molecule has 0 amide bonds. The van der Waals surface area contributed by atoms with Gasteiger partial charge in [0.25, 0.3) is 5.79 Å². The van der Waals surface area contributed by atoms with Crippen LogP contribution in [0.4, 0.5) is 0 Å². The van der Waals surface area contributed by atoms with E-state index in [1.54, 1.807) is 6.20 Å². The molecule has 1 N–H and O–H groups in total. The van der Waals surface area contributed by atoms with Crippen LogP contribution >= 0.6 is 0 Å². The van der Waals surface area contributed by atoms with Crippen LogP contribution in [0, 0.1) is 0 Å². The molecule has 0 aliphatic carbocycles. The van der Waals surface area contributed by atoms with E-state index in [9.17, 15) is 9.59 Å². The second-order valence-electron chi connectivity index (χ2n) is 5.41. The van der Waals surface area contributed by atoms with E-state index in [1.807, 2.05) is 36.4 Å². The minimum atomic E-state index is -1.23. The number of hydrogen-bond acceptors (Lipinski definition) is 4. The minimum Gasteiger partial charge on any atom is -0.419 e. The molecule has 5 heteroatoms. The molecule has 1 saturated heterocycles. The lowest BCUT2D eigenvalue weighted by Crippen LogP contribution is -2.41. The number of carbonyl (C=O) groups excluding carboxylic acids is 2. The van der Waals surface area contributed by atoms with Crippen LogP contribution in [0.25, 0.3) is 17.2 Å². The fourth-order valence-corrected chi connectivity index (χ4v) is 2.29. The van der Waals surface area contributed by atoms with Gasteiger partial charge in [-0.3, -0.25) is 0 Å². The van der Waals surface area contributed by atoms with Gasteiger partial charge in [0.05, 0.1) is 0 Å². The summed E-state index contributed by atoms with van der Waals surface area (Å²) in [4.78, 5) is 27.0. The molecule has 3 rings (SSSR count). The Morgan fingerprint density at radius 1 is 1.00 bits per heavy atom. The lowest BCUT2D eigenvalue weighted by atomic mass is 10.0. The van der Waals surface area contributed by atoms with Crippen molar-refractivity contribution in [3.05, 3.63) is 53.9 Å². The average molecular weight is 297 g/mol. The van der Waals surface area contributed by atoms with Crippen LogP contribution in [-0.2, 0) is 19.1 Å². The zero-order valence-corrected chi connectivity index (χ0v) is 12.3. The van der Waals surface area contributed by atoms with E-state index in [2.05, 4.69) is 4.98 Å². The number of aromatic amines is 1. The van der Waals surface area contributed by atoms with E-state index < -0.39 is 17.7 Å². The van der Waals surface area contributed by atoms with Crippen LogP contribution in [0.3, 0.4) is 0 Å². The van der Waals surface area contributed by atoms with Crippen molar-refractivity contribution >= 4 is 18.0 Å². The lowest BCUT2D eigenvalue weighted by Gasteiger charge is -2.29. The van der Waals surface area contributed by atoms with Gasteiger partial charge < -0.3 is 14.5 Å². The van der Waals surface area contributed by atoms with E-state index in [1.165, 1.54) is 19.9 Å². The van der Waals surface area contributed by atoms with Gasteiger partial charge in [-0.15, -0.1) is 0 Å². The van der Waals surface area contributed by atoms with Crippen molar-refractivity contribution in [3.8, 4) is 11.1 Å². The van der Waals surface area contributed by atoms with Gasteiger partial charge in [-0.05, 0) is 17.7 Å². The molecule has 0 radical (unpaired) electrons. The summed E-state index contributed by atoms with van der Waals surface area (Å²) >= 11 is 0. The number of H-pyrrole nitrogens is 1. The van der Waals surface area contributed by atoms with Gasteiger partial charge in [0.2, 0.25) is 0 Å². The molecule has 2 aromatic rings.